The minimum Gasteiger partial charge on any atom is -0.314 e. The number of hydrogen-bond acceptors (Lipinski definition) is 3. The van der Waals surface area contributed by atoms with Crippen LogP contribution < -0.4 is 5.32 Å². The Morgan fingerprint density at radius 2 is 2.25 bits per heavy atom. The summed E-state index contributed by atoms with van der Waals surface area (Å²) in [5, 5.41) is 3.40. The number of nitrogens with one attached hydrogen (secondary N) is 1. The van der Waals surface area contributed by atoms with Crippen molar-refractivity contribution in [3.63, 3.8) is 0 Å². The quantitative estimate of drug-likeness (QED) is 0.808. The highest BCUT2D eigenvalue weighted by atomic mass is 32.1. The lowest BCUT2D eigenvalue weighted by atomic mass is 10.1. The number of aryl methyl sites for hydroxylation is 1. The Bertz CT molecular complexity index is 339. The van der Waals surface area contributed by atoms with Crippen LogP contribution in [0.3, 0.4) is 0 Å². The van der Waals surface area contributed by atoms with Crippen LogP contribution in [0.15, 0.2) is 24.8 Å². The van der Waals surface area contributed by atoms with Crippen molar-refractivity contribution in [1.82, 2.24) is 10.2 Å². The summed E-state index contributed by atoms with van der Waals surface area (Å²) in [4.78, 5) is 5.46. The van der Waals surface area contributed by atoms with Gasteiger partial charge in [0.05, 0.1) is 0 Å². The lowest BCUT2D eigenvalue weighted by Gasteiger charge is -2.34. The fourth-order valence-electron chi connectivity index (χ4n) is 2.23. The maximum absolute atomic E-state index is 3.89. The average Bonchev–Trinajstić information content (AvgIpc) is 2.74. The first kappa shape index (κ1) is 11.8. The second kappa shape index (κ2) is 5.62. The fraction of sp³-hybridized carbons (Fsp3) is 0.538. The topological polar surface area (TPSA) is 15.3 Å². The highest BCUT2D eigenvalue weighted by Crippen LogP contribution is 2.30. The molecule has 1 fully saturated rings. The molecule has 2 nitrogen and oxygen atoms in total. The summed E-state index contributed by atoms with van der Waals surface area (Å²) in [6.45, 7) is 10.6. The Hall–Kier alpha value is -0.640. The molecule has 1 atom stereocenters. The molecule has 1 aliphatic rings. The van der Waals surface area contributed by atoms with E-state index in [9.17, 15) is 0 Å². The van der Waals surface area contributed by atoms with Crippen LogP contribution in [0.25, 0.3) is 0 Å². The summed E-state index contributed by atoms with van der Waals surface area (Å²) in [7, 11) is 0. The Balaban J connectivity index is 2.12. The predicted molar refractivity (Wildman–Crippen MR) is 71.1 cm³/mol. The molecule has 2 heterocycles. The van der Waals surface area contributed by atoms with Crippen molar-refractivity contribution in [1.29, 1.82) is 0 Å². The van der Waals surface area contributed by atoms with Gasteiger partial charge < -0.3 is 5.32 Å². The molecule has 0 radical (unpaired) electrons. The normalized spacial score (nSPS) is 19.6. The Morgan fingerprint density at radius 1 is 1.50 bits per heavy atom. The van der Waals surface area contributed by atoms with Gasteiger partial charge in [0.1, 0.15) is 0 Å². The van der Waals surface area contributed by atoms with E-state index < -0.39 is 0 Å². The molecule has 1 aliphatic heterocycles. The van der Waals surface area contributed by atoms with Gasteiger partial charge in [0, 0.05) is 42.0 Å². The van der Waals surface area contributed by atoms with Crippen LogP contribution >= 0.6 is 11.3 Å². The predicted octanol–water partition coefficient (Wildman–Crippen LogP) is 2.58. The van der Waals surface area contributed by atoms with Crippen LogP contribution in [-0.4, -0.2) is 31.1 Å². The third-order valence-corrected chi connectivity index (χ3v) is 4.17. The smallest absolute Gasteiger partial charge is 0.0476 e. The van der Waals surface area contributed by atoms with Crippen molar-refractivity contribution >= 4 is 11.3 Å². The molecular weight excluding hydrogens is 216 g/mol. The maximum Gasteiger partial charge on any atom is 0.0476 e. The molecule has 0 aromatic carbocycles. The lowest BCUT2D eigenvalue weighted by molar-refractivity contribution is 0.177. The van der Waals surface area contributed by atoms with Gasteiger partial charge in [-0.05, 0) is 25.5 Å². The van der Waals surface area contributed by atoms with Gasteiger partial charge in [0.2, 0.25) is 0 Å². The van der Waals surface area contributed by atoms with Gasteiger partial charge in [-0.15, -0.1) is 17.9 Å². The minimum absolute atomic E-state index is 0.540. The van der Waals surface area contributed by atoms with E-state index in [0.717, 1.165) is 32.6 Å². The molecule has 88 valence electrons. The van der Waals surface area contributed by atoms with E-state index in [0.29, 0.717) is 6.04 Å². The average molecular weight is 236 g/mol. The van der Waals surface area contributed by atoms with E-state index in [-0.39, 0.29) is 0 Å². The zero-order chi connectivity index (χ0) is 11.4. The molecule has 1 aromatic rings. The molecule has 0 spiro atoms. The van der Waals surface area contributed by atoms with Gasteiger partial charge in [0.25, 0.3) is 0 Å². The summed E-state index contributed by atoms with van der Waals surface area (Å²) in [6.07, 6.45) is 3.10. The zero-order valence-electron chi connectivity index (χ0n) is 9.91. The van der Waals surface area contributed by atoms with E-state index in [1.807, 2.05) is 17.4 Å². The first-order chi connectivity index (χ1) is 7.81. The second-order valence-electron chi connectivity index (χ2n) is 4.27. The van der Waals surface area contributed by atoms with Gasteiger partial charge in [-0.3, -0.25) is 4.90 Å². The highest BCUT2D eigenvalue weighted by Gasteiger charge is 2.21. The number of piperazine rings is 1. The second-order valence-corrected chi connectivity index (χ2v) is 5.59. The zero-order valence-corrected chi connectivity index (χ0v) is 10.7. The minimum atomic E-state index is 0.540. The van der Waals surface area contributed by atoms with Crippen molar-refractivity contribution in [2.45, 2.75) is 19.4 Å². The van der Waals surface area contributed by atoms with E-state index in [4.69, 9.17) is 0 Å². The largest absolute Gasteiger partial charge is 0.314 e. The summed E-state index contributed by atoms with van der Waals surface area (Å²) in [6, 6.07) is 5.03. The van der Waals surface area contributed by atoms with Gasteiger partial charge in [-0.1, -0.05) is 6.08 Å². The third kappa shape index (κ3) is 2.73. The number of thiophene rings is 1. The SMILES string of the molecule is C=CC[C@H](c1ccc(C)s1)N1CCNCC1. The molecule has 16 heavy (non-hydrogen) atoms. The molecule has 1 aromatic heterocycles. The van der Waals surface area contributed by atoms with E-state index in [1.165, 1.54) is 9.75 Å². The Kier molecular flexibility index (Phi) is 4.16. The lowest BCUT2D eigenvalue weighted by Crippen LogP contribution is -2.44. The van der Waals surface area contributed by atoms with Crippen LogP contribution in [0.5, 0.6) is 0 Å². The van der Waals surface area contributed by atoms with Gasteiger partial charge in [0.15, 0.2) is 0 Å². The number of hydrogen-bond donors (Lipinski definition) is 1. The Morgan fingerprint density at radius 3 is 2.81 bits per heavy atom. The van der Waals surface area contributed by atoms with Crippen LogP contribution in [0.1, 0.15) is 22.2 Å². The summed E-state index contributed by atoms with van der Waals surface area (Å²) in [5.41, 5.74) is 0. The van der Waals surface area contributed by atoms with Crippen molar-refractivity contribution < 1.29 is 0 Å². The van der Waals surface area contributed by atoms with Crippen molar-refractivity contribution in [2.75, 3.05) is 26.2 Å². The van der Waals surface area contributed by atoms with Crippen LogP contribution in [0, 0.1) is 6.92 Å². The van der Waals surface area contributed by atoms with Gasteiger partial charge >= 0.3 is 0 Å². The molecule has 1 saturated heterocycles. The Labute approximate surface area is 102 Å². The van der Waals surface area contributed by atoms with Crippen molar-refractivity contribution in [3.05, 3.63) is 34.5 Å². The standard InChI is InChI=1S/C13H20N2S/c1-3-4-12(13-6-5-11(2)16-13)15-9-7-14-8-10-15/h3,5-6,12,14H,1,4,7-10H2,2H3/t12-/m1/s1. The first-order valence-electron chi connectivity index (χ1n) is 5.93. The monoisotopic (exact) mass is 236 g/mol. The number of rotatable bonds is 4. The molecule has 0 amide bonds. The van der Waals surface area contributed by atoms with Crippen molar-refractivity contribution in [2.24, 2.45) is 0 Å². The van der Waals surface area contributed by atoms with Crippen LogP contribution in [0.4, 0.5) is 0 Å². The summed E-state index contributed by atoms with van der Waals surface area (Å²) < 4.78 is 0. The third-order valence-electron chi connectivity index (χ3n) is 3.07. The summed E-state index contributed by atoms with van der Waals surface area (Å²) >= 11 is 1.92. The van der Waals surface area contributed by atoms with E-state index >= 15 is 0 Å². The molecule has 0 aliphatic carbocycles. The van der Waals surface area contributed by atoms with Crippen LogP contribution in [0.2, 0.25) is 0 Å². The van der Waals surface area contributed by atoms with Gasteiger partial charge in [-0.2, -0.15) is 0 Å². The van der Waals surface area contributed by atoms with E-state index in [2.05, 4.69) is 35.9 Å². The maximum atomic E-state index is 3.89. The van der Waals surface area contributed by atoms with Crippen molar-refractivity contribution in [3.8, 4) is 0 Å². The molecule has 0 saturated carbocycles. The first-order valence-corrected chi connectivity index (χ1v) is 6.75. The van der Waals surface area contributed by atoms with E-state index in [1.54, 1.807) is 0 Å². The molecule has 1 N–H and O–H groups in total. The molecule has 3 heteroatoms. The molecule has 2 rings (SSSR count). The van der Waals surface area contributed by atoms with Crippen LogP contribution in [-0.2, 0) is 0 Å². The highest BCUT2D eigenvalue weighted by molar-refractivity contribution is 7.12. The summed E-state index contributed by atoms with van der Waals surface area (Å²) in [5.74, 6) is 0. The molecule has 0 bridgehead atoms. The molecule has 0 unspecified atom stereocenters. The fourth-order valence-corrected chi connectivity index (χ4v) is 3.25. The van der Waals surface area contributed by atoms with Gasteiger partial charge in [-0.25, -0.2) is 0 Å². The number of nitrogens with zero attached hydrogens (tertiary/aromatic N) is 1. The molecular formula is C13H20N2S.